The lowest BCUT2D eigenvalue weighted by molar-refractivity contribution is -0.115. The van der Waals surface area contributed by atoms with Gasteiger partial charge in [0.15, 0.2) is 0 Å². The van der Waals surface area contributed by atoms with Crippen molar-refractivity contribution < 1.29 is 13.2 Å². The molecule has 1 rings (SSSR count). The van der Waals surface area contributed by atoms with E-state index in [4.69, 9.17) is 11.6 Å². The van der Waals surface area contributed by atoms with Crippen LogP contribution in [0.1, 0.15) is 13.8 Å². The second kappa shape index (κ2) is 7.74. The highest BCUT2D eigenvalue weighted by molar-refractivity contribution is 7.89. The highest BCUT2D eigenvalue weighted by Crippen LogP contribution is 2.27. The predicted molar refractivity (Wildman–Crippen MR) is 84.1 cm³/mol. The maximum absolute atomic E-state index is 12.5. The van der Waals surface area contributed by atoms with E-state index in [0.29, 0.717) is 18.8 Å². The molecule has 0 fully saturated rings. The van der Waals surface area contributed by atoms with E-state index in [9.17, 15) is 13.2 Å². The van der Waals surface area contributed by atoms with Gasteiger partial charge in [0.2, 0.25) is 15.9 Å². The van der Waals surface area contributed by atoms with Crippen LogP contribution in [0.4, 0.5) is 5.69 Å². The average Bonchev–Trinajstić information content (AvgIpc) is 2.42. The minimum absolute atomic E-state index is 0.00451. The number of amides is 1. The summed E-state index contributed by atoms with van der Waals surface area (Å²) in [6.07, 6.45) is 0. The van der Waals surface area contributed by atoms with Crippen LogP contribution in [-0.2, 0) is 14.8 Å². The van der Waals surface area contributed by atoms with E-state index < -0.39 is 10.0 Å². The van der Waals surface area contributed by atoms with Gasteiger partial charge in [0, 0.05) is 18.8 Å². The number of sulfonamides is 1. The molecule has 0 aliphatic rings. The summed E-state index contributed by atoms with van der Waals surface area (Å²) in [4.78, 5) is 11.5. The van der Waals surface area contributed by atoms with Crippen LogP contribution in [0.2, 0.25) is 5.02 Å². The van der Waals surface area contributed by atoms with Gasteiger partial charge in [-0.1, -0.05) is 25.4 Å². The fourth-order valence-corrected chi connectivity index (χ4v) is 3.81. The minimum Gasteiger partial charge on any atom is -0.325 e. The third-order valence-electron chi connectivity index (χ3n) is 2.88. The SMILES string of the molecule is CCN(CC)S(=O)(=O)c1cc(NC(=O)CNC)ccc1Cl. The number of carbonyl (C=O) groups is 1. The van der Waals surface area contributed by atoms with E-state index in [1.54, 1.807) is 27.0 Å². The summed E-state index contributed by atoms with van der Waals surface area (Å²) >= 11 is 6.01. The Balaban J connectivity index is 3.16. The fraction of sp³-hybridized carbons (Fsp3) is 0.462. The third-order valence-corrected chi connectivity index (χ3v) is 5.41. The number of hydrogen-bond donors (Lipinski definition) is 2. The van der Waals surface area contributed by atoms with Crippen molar-refractivity contribution >= 4 is 33.2 Å². The van der Waals surface area contributed by atoms with Crippen LogP contribution in [0.3, 0.4) is 0 Å². The number of nitrogens with zero attached hydrogens (tertiary/aromatic N) is 1. The zero-order chi connectivity index (χ0) is 16.0. The first-order valence-electron chi connectivity index (χ1n) is 6.60. The summed E-state index contributed by atoms with van der Waals surface area (Å²) < 4.78 is 26.3. The molecule has 1 aromatic carbocycles. The molecule has 1 aromatic rings. The van der Waals surface area contributed by atoms with Crippen molar-refractivity contribution in [3.8, 4) is 0 Å². The standard InChI is InChI=1S/C13H20ClN3O3S/c1-4-17(5-2)21(19,20)12-8-10(6-7-11(12)14)16-13(18)9-15-3/h6-8,15H,4-5,9H2,1-3H3,(H,16,18). The topological polar surface area (TPSA) is 78.5 Å². The van der Waals surface area contributed by atoms with E-state index in [1.165, 1.54) is 16.4 Å². The van der Waals surface area contributed by atoms with E-state index in [0.717, 1.165) is 0 Å². The molecular weight excluding hydrogens is 314 g/mol. The fourth-order valence-electron chi connectivity index (χ4n) is 1.85. The average molecular weight is 334 g/mol. The summed E-state index contributed by atoms with van der Waals surface area (Å²) in [5.41, 5.74) is 0.394. The molecule has 2 N–H and O–H groups in total. The molecule has 0 aliphatic carbocycles. The van der Waals surface area contributed by atoms with Crippen molar-refractivity contribution in [3.05, 3.63) is 23.2 Å². The first-order valence-corrected chi connectivity index (χ1v) is 8.42. The molecule has 0 aliphatic heterocycles. The second-order valence-corrected chi connectivity index (χ2v) is 6.63. The molecule has 6 nitrogen and oxygen atoms in total. The Morgan fingerprint density at radius 3 is 2.43 bits per heavy atom. The van der Waals surface area contributed by atoms with Crippen molar-refractivity contribution in [2.24, 2.45) is 0 Å². The van der Waals surface area contributed by atoms with Gasteiger partial charge in [-0.3, -0.25) is 4.79 Å². The van der Waals surface area contributed by atoms with Crippen molar-refractivity contribution in [3.63, 3.8) is 0 Å². The Labute approximate surface area is 130 Å². The number of hydrogen-bond acceptors (Lipinski definition) is 4. The molecule has 0 bridgehead atoms. The van der Waals surface area contributed by atoms with Crippen LogP contribution in [0.25, 0.3) is 0 Å². The lowest BCUT2D eigenvalue weighted by Gasteiger charge is -2.19. The van der Waals surface area contributed by atoms with Crippen LogP contribution in [0.5, 0.6) is 0 Å². The Kier molecular flexibility index (Phi) is 6.60. The number of carbonyl (C=O) groups excluding carboxylic acids is 1. The number of nitrogens with one attached hydrogen (secondary N) is 2. The molecule has 0 heterocycles. The molecule has 0 spiro atoms. The highest BCUT2D eigenvalue weighted by Gasteiger charge is 2.24. The van der Waals surface area contributed by atoms with Gasteiger partial charge in [-0.25, -0.2) is 8.42 Å². The zero-order valence-electron chi connectivity index (χ0n) is 12.3. The zero-order valence-corrected chi connectivity index (χ0v) is 13.9. The molecule has 0 saturated heterocycles. The van der Waals surface area contributed by atoms with Gasteiger partial charge in [0.25, 0.3) is 0 Å². The van der Waals surface area contributed by atoms with E-state index in [1.807, 2.05) is 0 Å². The normalized spacial score (nSPS) is 11.7. The summed E-state index contributed by atoms with van der Waals surface area (Å²) in [5, 5.41) is 5.46. The molecule has 21 heavy (non-hydrogen) atoms. The molecule has 0 aromatic heterocycles. The van der Waals surface area contributed by atoms with Crippen molar-refractivity contribution in [2.75, 3.05) is 32.0 Å². The Morgan fingerprint density at radius 2 is 1.90 bits per heavy atom. The molecule has 0 atom stereocenters. The van der Waals surface area contributed by atoms with Crippen molar-refractivity contribution in [1.29, 1.82) is 0 Å². The van der Waals surface area contributed by atoms with Crippen molar-refractivity contribution in [1.82, 2.24) is 9.62 Å². The molecule has 0 radical (unpaired) electrons. The largest absolute Gasteiger partial charge is 0.325 e. The van der Waals surface area contributed by atoms with Gasteiger partial charge in [0.05, 0.1) is 11.6 Å². The van der Waals surface area contributed by atoms with Crippen LogP contribution >= 0.6 is 11.6 Å². The van der Waals surface area contributed by atoms with Gasteiger partial charge in [-0.15, -0.1) is 0 Å². The maximum atomic E-state index is 12.5. The quantitative estimate of drug-likeness (QED) is 0.793. The first-order chi connectivity index (χ1) is 9.86. The number of likely N-dealkylation sites (N-methyl/N-ethyl adjacent to an activating group) is 1. The smallest absolute Gasteiger partial charge is 0.244 e. The van der Waals surface area contributed by atoms with Gasteiger partial charge in [-0.05, 0) is 25.2 Å². The molecule has 0 saturated carbocycles. The van der Waals surface area contributed by atoms with Crippen LogP contribution in [0, 0.1) is 0 Å². The molecule has 0 unspecified atom stereocenters. The third kappa shape index (κ3) is 4.41. The molecule has 1 amide bonds. The molecule has 118 valence electrons. The van der Waals surface area contributed by atoms with Gasteiger partial charge < -0.3 is 10.6 Å². The minimum atomic E-state index is -3.67. The maximum Gasteiger partial charge on any atom is 0.244 e. The van der Waals surface area contributed by atoms with E-state index in [2.05, 4.69) is 10.6 Å². The van der Waals surface area contributed by atoms with E-state index >= 15 is 0 Å². The number of rotatable bonds is 7. The lowest BCUT2D eigenvalue weighted by atomic mass is 10.3. The summed E-state index contributed by atoms with van der Waals surface area (Å²) in [6, 6.07) is 4.41. The van der Waals surface area contributed by atoms with Gasteiger partial charge in [0.1, 0.15) is 4.90 Å². The number of benzene rings is 1. The second-order valence-electron chi connectivity index (χ2n) is 4.31. The van der Waals surface area contributed by atoms with Crippen molar-refractivity contribution in [2.45, 2.75) is 18.7 Å². The first kappa shape index (κ1) is 17.9. The van der Waals surface area contributed by atoms with Crippen LogP contribution in [0.15, 0.2) is 23.1 Å². The number of halogens is 1. The molecular formula is C13H20ClN3O3S. The number of anilines is 1. The van der Waals surface area contributed by atoms with Gasteiger partial charge >= 0.3 is 0 Å². The highest BCUT2D eigenvalue weighted by atomic mass is 35.5. The Morgan fingerprint density at radius 1 is 1.29 bits per heavy atom. The Bertz CT molecular complexity index is 601. The summed E-state index contributed by atoms with van der Waals surface area (Å²) in [6.45, 7) is 4.36. The molecule has 8 heteroatoms. The van der Waals surface area contributed by atoms with E-state index in [-0.39, 0.29) is 22.4 Å². The summed E-state index contributed by atoms with van der Waals surface area (Å²) in [5.74, 6) is -0.258. The summed E-state index contributed by atoms with van der Waals surface area (Å²) in [7, 11) is -2.02. The van der Waals surface area contributed by atoms with Crippen LogP contribution < -0.4 is 10.6 Å². The lowest BCUT2D eigenvalue weighted by Crippen LogP contribution is -2.31. The Hall–Kier alpha value is -1.15. The predicted octanol–water partition coefficient (Wildman–Crippen LogP) is 1.53. The van der Waals surface area contributed by atoms with Crippen LogP contribution in [-0.4, -0.2) is 45.3 Å². The van der Waals surface area contributed by atoms with Gasteiger partial charge in [-0.2, -0.15) is 4.31 Å². The monoisotopic (exact) mass is 333 g/mol.